The van der Waals surface area contributed by atoms with Crippen LogP contribution in [0.15, 0.2) is 54.6 Å². The van der Waals surface area contributed by atoms with Gasteiger partial charge in [-0.1, -0.05) is 38.1 Å². The lowest BCUT2D eigenvalue weighted by Crippen LogP contribution is -2.50. The van der Waals surface area contributed by atoms with Crippen LogP contribution in [0.4, 0.5) is 4.39 Å². The van der Waals surface area contributed by atoms with Crippen molar-refractivity contribution in [2.75, 3.05) is 32.7 Å². The number of primary amides is 1. The third-order valence-corrected chi connectivity index (χ3v) is 7.31. The Morgan fingerprint density at radius 2 is 1.58 bits per heavy atom. The molecule has 200 valence electrons. The maximum Gasteiger partial charge on any atom is 0.253 e. The lowest BCUT2D eigenvalue weighted by atomic mass is 10.0. The first-order valence-corrected chi connectivity index (χ1v) is 13.0. The first-order valence-electron chi connectivity index (χ1n) is 13.0. The second kappa shape index (κ2) is 11.7. The minimum Gasteiger partial charge on any atom is -0.366 e. The van der Waals surface area contributed by atoms with Crippen molar-refractivity contribution in [1.29, 1.82) is 0 Å². The van der Waals surface area contributed by atoms with Gasteiger partial charge < -0.3 is 15.2 Å². The van der Waals surface area contributed by atoms with Crippen LogP contribution in [-0.4, -0.2) is 64.7 Å². The van der Waals surface area contributed by atoms with E-state index in [4.69, 9.17) is 5.73 Å². The standard InChI is InChI=1S/C30H35FN4O3/c1-20(2)23-6-8-24(9-7-23)30(38)34-16-14-33(15-17-34)19-28(36)27-18-26(29(32)37)21(3)35(27)13-12-22-4-10-25(31)11-5-22/h4-11,18,20H,12-17,19H2,1-3H3,(H2,32,37). The summed E-state index contributed by atoms with van der Waals surface area (Å²) in [5.41, 5.74) is 9.76. The highest BCUT2D eigenvalue weighted by molar-refractivity contribution is 6.01. The Morgan fingerprint density at radius 1 is 0.947 bits per heavy atom. The summed E-state index contributed by atoms with van der Waals surface area (Å²) >= 11 is 0. The highest BCUT2D eigenvalue weighted by Gasteiger charge is 2.26. The molecular weight excluding hydrogens is 483 g/mol. The van der Waals surface area contributed by atoms with Gasteiger partial charge in [0.1, 0.15) is 5.82 Å². The van der Waals surface area contributed by atoms with Gasteiger partial charge in [0.25, 0.3) is 11.8 Å². The number of nitrogens with zero attached hydrogens (tertiary/aromatic N) is 3. The van der Waals surface area contributed by atoms with Crippen LogP contribution in [0.3, 0.4) is 0 Å². The molecule has 0 radical (unpaired) electrons. The van der Waals surface area contributed by atoms with Gasteiger partial charge in [-0.05, 0) is 60.7 Å². The van der Waals surface area contributed by atoms with Crippen molar-refractivity contribution in [3.8, 4) is 0 Å². The number of rotatable bonds is 9. The van der Waals surface area contributed by atoms with Crippen LogP contribution in [0.5, 0.6) is 0 Å². The van der Waals surface area contributed by atoms with Gasteiger partial charge in [-0.15, -0.1) is 0 Å². The van der Waals surface area contributed by atoms with Gasteiger partial charge in [-0.3, -0.25) is 19.3 Å². The molecule has 8 heteroatoms. The van der Waals surface area contributed by atoms with Crippen LogP contribution in [0.1, 0.15) is 67.8 Å². The molecule has 2 N–H and O–H groups in total. The zero-order valence-electron chi connectivity index (χ0n) is 22.2. The van der Waals surface area contributed by atoms with Crippen molar-refractivity contribution in [3.05, 3.63) is 94.1 Å². The van der Waals surface area contributed by atoms with Crippen LogP contribution in [-0.2, 0) is 13.0 Å². The Morgan fingerprint density at radius 3 is 2.16 bits per heavy atom. The molecule has 2 aromatic carbocycles. The number of piperazine rings is 1. The van der Waals surface area contributed by atoms with Crippen LogP contribution in [0.25, 0.3) is 0 Å². The fourth-order valence-electron chi connectivity index (χ4n) is 4.89. The highest BCUT2D eigenvalue weighted by atomic mass is 19.1. The predicted molar refractivity (Wildman–Crippen MR) is 145 cm³/mol. The van der Waals surface area contributed by atoms with Gasteiger partial charge >= 0.3 is 0 Å². The number of aryl methyl sites for hydroxylation is 1. The fraction of sp³-hybridized carbons (Fsp3) is 0.367. The van der Waals surface area contributed by atoms with E-state index in [1.165, 1.54) is 17.7 Å². The van der Waals surface area contributed by atoms with Crippen molar-refractivity contribution < 1.29 is 18.8 Å². The van der Waals surface area contributed by atoms with Crippen molar-refractivity contribution in [1.82, 2.24) is 14.4 Å². The van der Waals surface area contributed by atoms with Gasteiger partial charge in [0, 0.05) is 44.0 Å². The van der Waals surface area contributed by atoms with E-state index in [0.717, 1.165) is 5.56 Å². The number of nitrogens with two attached hydrogens (primary N) is 1. The lowest BCUT2D eigenvalue weighted by molar-refractivity contribution is 0.0623. The predicted octanol–water partition coefficient (Wildman–Crippen LogP) is 4.04. The molecule has 1 aliphatic rings. The smallest absolute Gasteiger partial charge is 0.253 e. The molecule has 7 nitrogen and oxygen atoms in total. The minimum absolute atomic E-state index is 0.00248. The summed E-state index contributed by atoms with van der Waals surface area (Å²) in [6.07, 6.45) is 0.577. The number of hydrogen-bond donors (Lipinski definition) is 1. The van der Waals surface area contributed by atoms with Gasteiger partial charge in [0.2, 0.25) is 0 Å². The summed E-state index contributed by atoms with van der Waals surface area (Å²) < 4.78 is 15.1. The maximum atomic E-state index is 13.4. The molecule has 3 aromatic rings. The Balaban J connectivity index is 1.39. The van der Waals surface area contributed by atoms with E-state index >= 15 is 0 Å². The van der Waals surface area contributed by atoms with E-state index in [-0.39, 0.29) is 24.1 Å². The highest BCUT2D eigenvalue weighted by Crippen LogP contribution is 2.19. The minimum atomic E-state index is -0.578. The average Bonchev–Trinajstić information content (AvgIpc) is 3.25. The number of ketones is 1. The first kappa shape index (κ1) is 27.3. The molecule has 0 atom stereocenters. The van der Waals surface area contributed by atoms with Gasteiger partial charge in [-0.2, -0.15) is 0 Å². The molecule has 0 bridgehead atoms. The quantitative estimate of drug-likeness (QED) is 0.433. The Hall–Kier alpha value is -3.78. The van der Waals surface area contributed by atoms with E-state index in [2.05, 4.69) is 13.8 Å². The third kappa shape index (κ3) is 6.19. The SMILES string of the molecule is Cc1c(C(N)=O)cc(C(=O)CN2CCN(C(=O)c3ccc(C(C)C)cc3)CC2)n1CCc1ccc(F)cc1. The molecule has 0 unspecified atom stereocenters. The summed E-state index contributed by atoms with van der Waals surface area (Å²) in [5, 5.41) is 0. The largest absolute Gasteiger partial charge is 0.366 e. The molecule has 4 rings (SSSR count). The van der Waals surface area contributed by atoms with Gasteiger partial charge in [-0.25, -0.2) is 4.39 Å². The number of halogens is 1. The lowest BCUT2D eigenvalue weighted by Gasteiger charge is -2.34. The molecule has 2 heterocycles. The average molecular weight is 519 g/mol. The second-order valence-corrected chi connectivity index (χ2v) is 10.2. The number of carbonyl (C=O) groups is 3. The summed E-state index contributed by atoms with van der Waals surface area (Å²) in [5.74, 6) is -0.576. The zero-order chi connectivity index (χ0) is 27.4. The number of hydrogen-bond acceptors (Lipinski definition) is 4. The van der Waals surface area contributed by atoms with Crippen LogP contribution < -0.4 is 5.73 Å². The third-order valence-electron chi connectivity index (χ3n) is 7.31. The van der Waals surface area contributed by atoms with Crippen molar-refractivity contribution >= 4 is 17.6 Å². The summed E-state index contributed by atoms with van der Waals surface area (Å²) in [6, 6.07) is 15.6. The second-order valence-electron chi connectivity index (χ2n) is 10.2. The van der Waals surface area contributed by atoms with E-state index in [1.807, 2.05) is 38.6 Å². The molecule has 2 amide bonds. The number of carbonyl (C=O) groups excluding carboxylic acids is 3. The number of amides is 2. The Kier molecular flexibility index (Phi) is 8.42. The summed E-state index contributed by atoms with van der Waals surface area (Å²) in [4.78, 5) is 42.2. The van der Waals surface area contributed by atoms with Crippen molar-refractivity contribution in [3.63, 3.8) is 0 Å². The molecule has 0 spiro atoms. The summed E-state index contributed by atoms with van der Waals surface area (Å²) in [7, 11) is 0. The maximum absolute atomic E-state index is 13.4. The van der Waals surface area contributed by atoms with Gasteiger partial charge in [0.05, 0.1) is 17.8 Å². The molecule has 1 aliphatic heterocycles. The van der Waals surface area contributed by atoms with Gasteiger partial charge in [0.15, 0.2) is 5.78 Å². The topological polar surface area (TPSA) is 88.6 Å². The summed E-state index contributed by atoms with van der Waals surface area (Å²) in [6.45, 7) is 8.90. The monoisotopic (exact) mass is 518 g/mol. The Bertz CT molecular complexity index is 1300. The molecule has 1 aromatic heterocycles. The van der Waals surface area contributed by atoms with Crippen LogP contribution in [0, 0.1) is 12.7 Å². The van der Waals surface area contributed by atoms with Crippen molar-refractivity contribution in [2.24, 2.45) is 5.73 Å². The van der Waals surface area contributed by atoms with Crippen molar-refractivity contribution in [2.45, 2.75) is 39.7 Å². The molecule has 0 aliphatic carbocycles. The molecular formula is C30H35FN4O3. The number of aromatic nitrogens is 1. The van der Waals surface area contributed by atoms with Crippen LogP contribution >= 0.6 is 0 Å². The first-order chi connectivity index (χ1) is 18.1. The van der Waals surface area contributed by atoms with Crippen LogP contribution in [0.2, 0.25) is 0 Å². The molecule has 38 heavy (non-hydrogen) atoms. The zero-order valence-corrected chi connectivity index (χ0v) is 22.2. The number of benzene rings is 2. The number of Topliss-reactive ketones (excluding diaryl/α,β-unsaturated/α-hetero) is 1. The van der Waals surface area contributed by atoms with E-state index in [9.17, 15) is 18.8 Å². The Labute approximate surface area is 223 Å². The molecule has 1 saturated heterocycles. The van der Waals surface area contributed by atoms with E-state index in [1.54, 1.807) is 25.1 Å². The normalized spacial score (nSPS) is 14.2. The van der Waals surface area contributed by atoms with E-state index < -0.39 is 5.91 Å². The van der Waals surface area contributed by atoms with E-state index in [0.29, 0.717) is 67.6 Å². The molecule has 0 saturated carbocycles. The molecule has 1 fully saturated rings. The fourth-order valence-corrected chi connectivity index (χ4v) is 4.89.